The minimum Gasteiger partial charge on any atom is -0.383 e. The lowest BCUT2D eigenvalue weighted by molar-refractivity contribution is -0.150. The Balaban J connectivity index is 1.18. The van der Waals surface area contributed by atoms with Crippen LogP contribution in [0, 0.1) is 5.92 Å². The molecular formula is C27H29N5O5. The first-order chi connectivity index (χ1) is 17.9. The summed E-state index contributed by atoms with van der Waals surface area (Å²) in [5, 5.41) is 13.4. The van der Waals surface area contributed by atoms with Crippen molar-refractivity contribution in [2.75, 3.05) is 34.8 Å². The Morgan fingerprint density at radius 2 is 2.00 bits per heavy atom. The predicted octanol–water partition coefficient (Wildman–Crippen LogP) is 1.33. The van der Waals surface area contributed by atoms with Gasteiger partial charge in [-0.25, -0.2) is 0 Å². The number of carbonyl (C=O) groups is 3. The summed E-state index contributed by atoms with van der Waals surface area (Å²) in [6, 6.07) is 10.9. The molecule has 6 rings (SSSR count). The highest BCUT2D eigenvalue weighted by Crippen LogP contribution is 2.37. The van der Waals surface area contributed by atoms with Gasteiger partial charge in [0.05, 0.1) is 13.2 Å². The van der Waals surface area contributed by atoms with Gasteiger partial charge in [0.25, 0.3) is 11.8 Å². The van der Waals surface area contributed by atoms with Crippen molar-refractivity contribution in [3.05, 3.63) is 53.1 Å². The van der Waals surface area contributed by atoms with E-state index in [1.807, 2.05) is 23.1 Å². The van der Waals surface area contributed by atoms with Crippen molar-refractivity contribution < 1.29 is 24.2 Å². The van der Waals surface area contributed by atoms with E-state index in [9.17, 15) is 19.5 Å². The molecule has 0 unspecified atom stereocenters. The van der Waals surface area contributed by atoms with Crippen LogP contribution in [0.1, 0.15) is 36.0 Å². The standard InChI is InChI=1S/C27H29N5O5/c28-25-20-7-5-18(11-17(20)13-29-25)30-26(35)23(34)24-27(36)31(9-10-37-24)19-6-3-16-4-8-22(33)32(21(16)12-19)14-15-1-2-15/h3,5-7,11-12,15,23-24,34H,1-2,4,8-10,13-14H2,(H2,28,29)(H,30,35)/t23-,24-/m1/s1. The van der Waals surface area contributed by atoms with Gasteiger partial charge in [-0.1, -0.05) is 6.07 Å². The Bertz CT molecular complexity index is 1320. The maximum Gasteiger partial charge on any atom is 0.259 e. The van der Waals surface area contributed by atoms with E-state index in [0.717, 1.165) is 35.2 Å². The number of rotatable bonds is 6. The second-order valence-electron chi connectivity index (χ2n) is 10.0. The van der Waals surface area contributed by atoms with E-state index < -0.39 is 24.0 Å². The lowest BCUT2D eigenvalue weighted by Gasteiger charge is -2.36. The number of aliphatic hydroxyl groups is 1. The fourth-order valence-electron chi connectivity index (χ4n) is 5.20. The van der Waals surface area contributed by atoms with E-state index in [0.29, 0.717) is 49.1 Å². The normalized spacial score (nSPS) is 21.9. The molecule has 1 saturated carbocycles. The predicted molar refractivity (Wildman–Crippen MR) is 137 cm³/mol. The number of nitrogens with zero attached hydrogens (tertiary/aromatic N) is 3. The van der Waals surface area contributed by atoms with Crippen LogP contribution in [0.4, 0.5) is 17.1 Å². The number of hydrogen-bond donors (Lipinski definition) is 3. The number of anilines is 3. The van der Waals surface area contributed by atoms with Gasteiger partial charge in [0.2, 0.25) is 5.91 Å². The lowest BCUT2D eigenvalue weighted by Crippen LogP contribution is -2.55. The van der Waals surface area contributed by atoms with Crippen molar-refractivity contribution in [2.45, 2.75) is 44.4 Å². The molecule has 1 aliphatic carbocycles. The van der Waals surface area contributed by atoms with E-state index in [-0.39, 0.29) is 19.1 Å². The van der Waals surface area contributed by atoms with Crippen molar-refractivity contribution in [1.82, 2.24) is 0 Å². The van der Waals surface area contributed by atoms with Crippen LogP contribution >= 0.6 is 0 Å². The largest absolute Gasteiger partial charge is 0.383 e. The Morgan fingerprint density at radius 3 is 2.81 bits per heavy atom. The zero-order valence-corrected chi connectivity index (χ0v) is 20.4. The zero-order chi connectivity index (χ0) is 25.7. The second kappa shape index (κ2) is 9.28. The number of nitrogens with two attached hydrogens (primary N) is 1. The van der Waals surface area contributed by atoms with Crippen LogP contribution in [0.3, 0.4) is 0 Å². The molecule has 2 aromatic rings. The molecule has 0 radical (unpaired) electrons. The smallest absolute Gasteiger partial charge is 0.259 e. The molecule has 0 spiro atoms. The zero-order valence-electron chi connectivity index (χ0n) is 20.4. The number of aliphatic hydroxyl groups excluding tert-OH is 1. The van der Waals surface area contributed by atoms with Crippen LogP contribution in [-0.4, -0.2) is 60.6 Å². The molecule has 2 atom stereocenters. The Morgan fingerprint density at radius 1 is 1.16 bits per heavy atom. The summed E-state index contributed by atoms with van der Waals surface area (Å²) in [5.41, 5.74) is 10.6. The highest BCUT2D eigenvalue weighted by atomic mass is 16.5. The first-order valence-electron chi connectivity index (χ1n) is 12.7. The topological polar surface area (TPSA) is 138 Å². The van der Waals surface area contributed by atoms with Gasteiger partial charge >= 0.3 is 0 Å². The fourth-order valence-corrected chi connectivity index (χ4v) is 5.20. The van der Waals surface area contributed by atoms with Crippen LogP contribution in [-0.2, 0) is 32.1 Å². The number of fused-ring (bicyclic) bond motifs is 2. The van der Waals surface area contributed by atoms with Gasteiger partial charge in [0.1, 0.15) is 5.84 Å². The van der Waals surface area contributed by atoms with Gasteiger partial charge in [-0.05, 0) is 66.6 Å². The minimum atomic E-state index is -1.70. The van der Waals surface area contributed by atoms with Crippen molar-refractivity contribution in [1.29, 1.82) is 0 Å². The summed E-state index contributed by atoms with van der Waals surface area (Å²) >= 11 is 0. The molecule has 3 aliphatic heterocycles. The average molecular weight is 504 g/mol. The van der Waals surface area contributed by atoms with Crippen LogP contribution in [0.5, 0.6) is 0 Å². The van der Waals surface area contributed by atoms with Gasteiger partial charge in [-0.2, -0.15) is 0 Å². The third kappa shape index (κ3) is 4.47. The fraction of sp³-hybridized carbons (Fsp3) is 0.407. The molecule has 0 aromatic heterocycles. The molecule has 3 heterocycles. The van der Waals surface area contributed by atoms with E-state index in [1.165, 1.54) is 4.90 Å². The van der Waals surface area contributed by atoms with Crippen LogP contribution in [0.2, 0.25) is 0 Å². The van der Waals surface area contributed by atoms with E-state index in [2.05, 4.69) is 10.3 Å². The number of amides is 3. The third-order valence-electron chi connectivity index (χ3n) is 7.46. The molecule has 1 saturated heterocycles. The number of nitrogens with one attached hydrogen (secondary N) is 1. The van der Waals surface area contributed by atoms with Gasteiger partial charge in [-0.3, -0.25) is 19.4 Å². The minimum absolute atomic E-state index is 0.107. The van der Waals surface area contributed by atoms with Crippen molar-refractivity contribution in [3.8, 4) is 0 Å². The van der Waals surface area contributed by atoms with Gasteiger partial charge in [0, 0.05) is 42.1 Å². The summed E-state index contributed by atoms with van der Waals surface area (Å²) in [5.74, 6) is -0.136. The number of benzene rings is 2. The molecule has 2 fully saturated rings. The Hall–Kier alpha value is -3.76. The van der Waals surface area contributed by atoms with Gasteiger partial charge < -0.3 is 30.7 Å². The van der Waals surface area contributed by atoms with E-state index in [4.69, 9.17) is 10.5 Å². The molecule has 4 aliphatic rings. The molecule has 192 valence electrons. The third-order valence-corrected chi connectivity index (χ3v) is 7.46. The van der Waals surface area contributed by atoms with Crippen molar-refractivity contribution >= 4 is 40.6 Å². The summed E-state index contributed by atoms with van der Waals surface area (Å²) in [4.78, 5) is 46.4. The summed E-state index contributed by atoms with van der Waals surface area (Å²) < 4.78 is 5.56. The highest BCUT2D eigenvalue weighted by molar-refractivity contribution is 6.05. The van der Waals surface area contributed by atoms with Gasteiger partial charge in [0.15, 0.2) is 12.2 Å². The van der Waals surface area contributed by atoms with Crippen LogP contribution in [0.15, 0.2) is 41.4 Å². The number of hydrogen-bond acceptors (Lipinski definition) is 7. The SMILES string of the molecule is NC1=NCc2cc(NC(=O)[C@H](O)[C@H]3OCCN(c4ccc5c(c4)N(CC4CC4)C(=O)CC5)C3=O)ccc21. The first kappa shape index (κ1) is 23.6. The molecule has 4 N–H and O–H groups in total. The number of morpholine rings is 1. The molecular weight excluding hydrogens is 474 g/mol. The van der Waals surface area contributed by atoms with Crippen molar-refractivity contribution in [3.63, 3.8) is 0 Å². The van der Waals surface area contributed by atoms with Crippen LogP contribution in [0.25, 0.3) is 0 Å². The number of aliphatic imine (C=N–C) groups is 1. The summed E-state index contributed by atoms with van der Waals surface area (Å²) in [7, 11) is 0. The number of ether oxygens (including phenoxy) is 1. The van der Waals surface area contributed by atoms with E-state index in [1.54, 1.807) is 18.2 Å². The number of amidine groups is 1. The number of carbonyl (C=O) groups excluding carboxylic acids is 3. The molecule has 10 nitrogen and oxygen atoms in total. The monoisotopic (exact) mass is 503 g/mol. The average Bonchev–Trinajstić information content (AvgIpc) is 3.65. The maximum atomic E-state index is 13.4. The van der Waals surface area contributed by atoms with Crippen LogP contribution < -0.4 is 20.9 Å². The molecule has 10 heteroatoms. The van der Waals surface area contributed by atoms with Crippen molar-refractivity contribution in [2.24, 2.45) is 16.6 Å². The quantitative estimate of drug-likeness (QED) is 0.544. The first-order valence-corrected chi connectivity index (χ1v) is 12.7. The highest BCUT2D eigenvalue weighted by Gasteiger charge is 2.40. The molecule has 0 bridgehead atoms. The second-order valence-corrected chi connectivity index (χ2v) is 10.0. The summed E-state index contributed by atoms with van der Waals surface area (Å²) in [6.45, 7) is 1.58. The Kier molecular flexibility index (Phi) is 5.92. The molecule has 2 aromatic carbocycles. The van der Waals surface area contributed by atoms with E-state index >= 15 is 0 Å². The molecule has 3 amide bonds. The lowest BCUT2D eigenvalue weighted by atomic mass is 9.99. The summed E-state index contributed by atoms with van der Waals surface area (Å²) in [6.07, 6.45) is 0.391. The number of aryl methyl sites for hydroxylation is 1. The maximum absolute atomic E-state index is 13.4. The molecule has 37 heavy (non-hydrogen) atoms. The Labute approximate surface area is 214 Å². The van der Waals surface area contributed by atoms with Gasteiger partial charge in [-0.15, -0.1) is 0 Å².